The van der Waals surface area contributed by atoms with Crippen LogP contribution in [0.4, 0.5) is 5.69 Å². The third-order valence-corrected chi connectivity index (χ3v) is 4.12. The molecule has 0 bridgehead atoms. The minimum absolute atomic E-state index is 0.0268. The maximum atomic E-state index is 12.7. The van der Waals surface area contributed by atoms with Gasteiger partial charge in [-0.2, -0.15) is 0 Å². The van der Waals surface area contributed by atoms with Gasteiger partial charge in [0, 0.05) is 19.2 Å². The van der Waals surface area contributed by atoms with Crippen LogP contribution in [0.3, 0.4) is 0 Å². The third-order valence-electron chi connectivity index (χ3n) is 3.51. The second-order valence-electron chi connectivity index (χ2n) is 5.76. The summed E-state index contributed by atoms with van der Waals surface area (Å²) in [7, 11) is 4.12. The lowest BCUT2D eigenvalue weighted by Gasteiger charge is -2.31. The van der Waals surface area contributed by atoms with Crippen molar-refractivity contribution >= 4 is 52.6 Å². The number of nitrogens with zero attached hydrogens (tertiary/aromatic N) is 2. The molecule has 0 aromatic heterocycles. The highest BCUT2D eigenvalue weighted by Gasteiger charge is 2.38. The van der Waals surface area contributed by atoms with E-state index in [1.54, 1.807) is 24.3 Å². The van der Waals surface area contributed by atoms with E-state index in [1.807, 2.05) is 0 Å². The Morgan fingerprint density at radius 2 is 2.08 bits per heavy atom. The maximum Gasteiger partial charge on any atom is 0.251 e. The van der Waals surface area contributed by atoms with Crippen LogP contribution in [0.1, 0.15) is 6.42 Å². The van der Waals surface area contributed by atoms with Gasteiger partial charge in [-0.25, -0.2) is 0 Å². The smallest absolute Gasteiger partial charge is 0.251 e. The molecular formula is C16H20ClN4O2S+. The SMILES string of the molecule is C[NH+](C)CCCN=CC1C(=O)NC(=S)N(c2ccccc2Cl)C1=O. The van der Waals surface area contributed by atoms with Gasteiger partial charge in [-0.05, 0) is 24.4 Å². The van der Waals surface area contributed by atoms with Crippen LogP contribution < -0.4 is 15.1 Å². The molecule has 1 fully saturated rings. The highest BCUT2D eigenvalue weighted by atomic mass is 35.5. The van der Waals surface area contributed by atoms with Crippen molar-refractivity contribution in [3.05, 3.63) is 29.3 Å². The molecule has 8 heteroatoms. The predicted octanol–water partition coefficient (Wildman–Crippen LogP) is 0.309. The Kier molecular flexibility index (Phi) is 6.42. The summed E-state index contributed by atoms with van der Waals surface area (Å²) in [5.41, 5.74) is 0.448. The lowest BCUT2D eigenvalue weighted by atomic mass is 10.1. The molecule has 0 saturated carbocycles. The van der Waals surface area contributed by atoms with Crippen molar-refractivity contribution in [1.82, 2.24) is 5.32 Å². The number of hydrogen-bond acceptors (Lipinski definition) is 4. The molecule has 1 aliphatic rings. The van der Waals surface area contributed by atoms with Crippen LogP contribution in [0.5, 0.6) is 0 Å². The first-order chi connectivity index (χ1) is 11.4. The van der Waals surface area contributed by atoms with E-state index in [-0.39, 0.29) is 5.11 Å². The molecular weight excluding hydrogens is 348 g/mol. The van der Waals surface area contributed by atoms with E-state index < -0.39 is 17.7 Å². The first-order valence-electron chi connectivity index (χ1n) is 7.64. The zero-order valence-corrected chi connectivity index (χ0v) is 15.2. The van der Waals surface area contributed by atoms with Gasteiger partial charge in [0.15, 0.2) is 11.0 Å². The topological polar surface area (TPSA) is 66.2 Å². The first kappa shape index (κ1) is 18.5. The van der Waals surface area contributed by atoms with Gasteiger partial charge in [-0.15, -0.1) is 0 Å². The highest BCUT2D eigenvalue weighted by Crippen LogP contribution is 2.28. The fourth-order valence-corrected chi connectivity index (χ4v) is 2.80. The molecule has 1 aromatic carbocycles. The van der Waals surface area contributed by atoms with Crippen molar-refractivity contribution in [3.63, 3.8) is 0 Å². The normalized spacial score (nSPS) is 18.6. The highest BCUT2D eigenvalue weighted by molar-refractivity contribution is 7.80. The van der Waals surface area contributed by atoms with E-state index in [4.69, 9.17) is 23.8 Å². The van der Waals surface area contributed by atoms with Crippen LogP contribution in [0.2, 0.25) is 5.02 Å². The molecule has 2 rings (SSSR count). The zero-order valence-electron chi connectivity index (χ0n) is 13.6. The van der Waals surface area contributed by atoms with Gasteiger partial charge in [0.1, 0.15) is 0 Å². The van der Waals surface area contributed by atoms with E-state index in [9.17, 15) is 9.59 Å². The van der Waals surface area contributed by atoms with Gasteiger partial charge in [0.25, 0.3) is 5.91 Å². The fourth-order valence-electron chi connectivity index (χ4n) is 2.29. The van der Waals surface area contributed by atoms with E-state index in [0.717, 1.165) is 13.0 Å². The van der Waals surface area contributed by atoms with Crippen molar-refractivity contribution in [3.8, 4) is 0 Å². The van der Waals surface area contributed by atoms with E-state index in [1.165, 1.54) is 16.0 Å². The minimum Gasteiger partial charge on any atom is -0.340 e. The van der Waals surface area contributed by atoms with Crippen LogP contribution >= 0.6 is 23.8 Å². The molecule has 2 amide bonds. The molecule has 6 nitrogen and oxygen atoms in total. The number of benzene rings is 1. The lowest BCUT2D eigenvalue weighted by Crippen LogP contribution is -3.05. The molecule has 1 saturated heterocycles. The molecule has 0 aliphatic carbocycles. The Morgan fingerprint density at radius 1 is 1.38 bits per heavy atom. The second-order valence-corrected chi connectivity index (χ2v) is 6.56. The Bertz CT molecular complexity index is 678. The molecule has 1 atom stereocenters. The largest absolute Gasteiger partial charge is 0.340 e. The van der Waals surface area contributed by atoms with Crippen molar-refractivity contribution < 1.29 is 14.5 Å². The molecule has 0 radical (unpaired) electrons. The van der Waals surface area contributed by atoms with Crippen molar-refractivity contribution in [2.24, 2.45) is 10.9 Å². The minimum atomic E-state index is -1.00. The van der Waals surface area contributed by atoms with Crippen molar-refractivity contribution in [2.75, 3.05) is 32.1 Å². The molecule has 1 unspecified atom stereocenters. The average molecular weight is 368 g/mol. The summed E-state index contributed by atoms with van der Waals surface area (Å²) in [6, 6.07) is 6.85. The first-order valence-corrected chi connectivity index (χ1v) is 8.42. The average Bonchev–Trinajstić information content (AvgIpc) is 2.51. The number of carbonyl (C=O) groups is 2. The fraction of sp³-hybridized carbons (Fsp3) is 0.375. The van der Waals surface area contributed by atoms with Crippen LogP contribution in [0.15, 0.2) is 29.3 Å². The Hall–Kier alpha value is -1.83. The van der Waals surface area contributed by atoms with E-state index in [0.29, 0.717) is 17.3 Å². The van der Waals surface area contributed by atoms with E-state index >= 15 is 0 Å². The second kappa shape index (κ2) is 8.32. The Labute approximate surface area is 151 Å². The van der Waals surface area contributed by atoms with Gasteiger partial charge < -0.3 is 10.2 Å². The van der Waals surface area contributed by atoms with Gasteiger partial charge >= 0.3 is 0 Å². The number of para-hydroxylation sites is 1. The van der Waals surface area contributed by atoms with Gasteiger partial charge in [0.2, 0.25) is 5.91 Å². The summed E-state index contributed by atoms with van der Waals surface area (Å²) in [6.45, 7) is 1.54. The van der Waals surface area contributed by atoms with Gasteiger partial charge in [0.05, 0.1) is 31.4 Å². The van der Waals surface area contributed by atoms with Gasteiger partial charge in [-0.1, -0.05) is 23.7 Å². The van der Waals surface area contributed by atoms with Crippen molar-refractivity contribution in [2.45, 2.75) is 6.42 Å². The standard InChI is InChI=1S/C16H19ClN4O2S/c1-20(2)9-5-8-18-10-11-14(22)19-16(24)21(15(11)23)13-7-4-3-6-12(13)17/h3-4,6-7,10-11H,5,8-9H2,1-2H3,(H,19,22,24)/p+1. The summed E-state index contributed by atoms with van der Waals surface area (Å²) in [5, 5.41) is 2.95. The summed E-state index contributed by atoms with van der Waals surface area (Å²) in [5.74, 6) is -1.91. The number of amides is 2. The number of aliphatic imine (C=N–C) groups is 1. The summed E-state index contributed by atoms with van der Waals surface area (Å²) in [6.07, 6.45) is 2.28. The van der Waals surface area contributed by atoms with E-state index in [2.05, 4.69) is 24.4 Å². The number of hydrogen-bond donors (Lipinski definition) is 2. The van der Waals surface area contributed by atoms with Crippen LogP contribution in [0, 0.1) is 5.92 Å². The monoisotopic (exact) mass is 367 g/mol. The maximum absolute atomic E-state index is 12.7. The van der Waals surface area contributed by atoms with Crippen LogP contribution in [-0.2, 0) is 9.59 Å². The van der Waals surface area contributed by atoms with Crippen molar-refractivity contribution in [1.29, 1.82) is 0 Å². The predicted molar refractivity (Wildman–Crippen MR) is 98.8 cm³/mol. The molecule has 1 aromatic rings. The third kappa shape index (κ3) is 4.37. The molecule has 2 N–H and O–H groups in total. The molecule has 1 aliphatic heterocycles. The number of thiocarbonyl (C=S) groups is 1. The summed E-state index contributed by atoms with van der Waals surface area (Å²) in [4.78, 5) is 31.6. The molecule has 128 valence electrons. The molecule has 24 heavy (non-hydrogen) atoms. The molecule has 0 spiro atoms. The number of anilines is 1. The quantitative estimate of drug-likeness (QED) is 0.329. The van der Waals surface area contributed by atoms with Crippen LogP contribution in [0.25, 0.3) is 0 Å². The van der Waals surface area contributed by atoms with Gasteiger partial charge in [-0.3, -0.25) is 19.5 Å². The Morgan fingerprint density at radius 3 is 2.75 bits per heavy atom. The zero-order chi connectivity index (χ0) is 17.7. The summed E-state index contributed by atoms with van der Waals surface area (Å²) < 4.78 is 0. The van der Waals surface area contributed by atoms with Crippen LogP contribution in [-0.4, -0.2) is 50.3 Å². The number of rotatable bonds is 6. The Balaban J connectivity index is 2.14. The number of halogens is 1. The molecule has 1 heterocycles. The number of nitrogens with one attached hydrogen (secondary N) is 2. The summed E-state index contributed by atoms with van der Waals surface area (Å²) >= 11 is 11.3. The lowest BCUT2D eigenvalue weighted by molar-refractivity contribution is -0.858. The number of quaternary nitrogens is 1. The number of carbonyl (C=O) groups excluding carboxylic acids is 2.